The molecule has 1 aliphatic carbocycles. The molecule has 16 heavy (non-hydrogen) atoms. The van der Waals surface area contributed by atoms with Gasteiger partial charge >= 0.3 is 0 Å². The summed E-state index contributed by atoms with van der Waals surface area (Å²) in [4.78, 5) is 8.59. The van der Waals surface area contributed by atoms with Gasteiger partial charge in [-0.3, -0.25) is 4.40 Å². The minimum Gasteiger partial charge on any atom is -0.393 e. The van der Waals surface area contributed by atoms with Gasteiger partial charge in [0, 0.05) is 18.3 Å². The van der Waals surface area contributed by atoms with Gasteiger partial charge in [0.25, 0.3) is 0 Å². The summed E-state index contributed by atoms with van der Waals surface area (Å²) in [6, 6.07) is 0. The van der Waals surface area contributed by atoms with Crippen molar-refractivity contribution in [1.29, 1.82) is 0 Å². The minimum atomic E-state index is -0.172. The number of anilines is 1. The molecule has 5 nitrogen and oxygen atoms in total. The Labute approximate surface area is 106 Å². The SMILES string of the molecule is Nc1nccn2c1c(I)nc2[C@H]1C[C@@H](O)C1. The molecule has 0 bridgehead atoms. The Bertz CT molecular complexity index is 547. The second kappa shape index (κ2) is 3.56. The summed E-state index contributed by atoms with van der Waals surface area (Å²) in [7, 11) is 0. The van der Waals surface area contributed by atoms with Gasteiger partial charge in [-0.1, -0.05) is 0 Å². The van der Waals surface area contributed by atoms with Gasteiger partial charge in [-0.25, -0.2) is 9.97 Å². The van der Waals surface area contributed by atoms with E-state index in [4.69, 9.17) is 5.73 Å². The van der Waals surface area contributed by atoms with Crippen LogP contribution in [0.25, 0.3) is 5.52 Å². The molecule has 2 aromatic heterocycles. The molecule has 0 unspecified atom stereocenters. The lowest BCUT2D eigenvalue weighted by Gasteiger charge is -2.30. The molecular weight excluding hydrogens is 319 g/mol. The number of nitrogens with two attached hydrogens (primary N) is 1. The van der Waals surface area contributed by atoms with Crippen molar-refractivity contribution in [3.05, 3.63) is 21.9 Å². The summed E-state index contributed by atoms with van der Waals surface area (Å²) < 4.78 is 2.86. The molecule has 0 aromatic carbocycles. The normalized spacial score (nSPS) is 24.6. The van der Waals surface area contributed by atoms with Crippen LogP contribution >= 0.6 is 22.6 Å². The van der Waals surface area contributed by atoms with E-state index in [0.717, 1.165) is 27.9 Å². The Hall–Kier alpha value is -0.890. The van der Waals surface area contributed by atoms with Crippen molar-refractivity contribution in [2.24, 2.45) is 0 Å². The molecule has 2 heterocycles. The van der Waals surface area contributed by atoms with Gasteiger partial charge in [-0.05, 0) is 35.4 Å². The highest BCUT2D eigenvalue weighted by Gasteiger charge is 2.32. The monoisotopic (exact) mass is 330 g/mol. The predicted octanol–water partition coefficient (Wildman–Crippen LogP) is 1.15. The lowest BCUT2D eigenvalue weighted by Crippen LogP contribution is -2.27. The van der Waals surface area contributed by atoms with E-state index in [9.17, 15) is 5.11 Å². The number of rotatable bonds is 1. The van der Waals surface area contributed by atoms with Crippen molar-refractivity contribution in [3.63, 3.8) is 0 Å². The maximum atomic E-state index is 9.34. The molecule has 1 aliphatic rings. The predicted molar refractivity (Wildman–Crippen MR) is 68.1 cm³/mol. The number of aliphatic hydroxyl groups is 1. The van der Waals surface area contributed by atoms with Crippen LogP contribution in [0.1, 0.15) is 24.6 Å². The summed E-state index contributed by atoms with van der Waals surface area (Å²) in [5, 5.41) is 9.34. The summed E-state index contributed by atoms with van der Waals surface area (Å²) in [5.41, 5.74) is 6.71. The van der Waals surface area contributed by atoms with E-state index in [2.05, 4.69) is 32.6 Å². The first kappa shape index (κ1) is 10.3. The number of fused-ring (bicyclic) bond motifs is 1. The largest absolute Gasteiger partial charge is 0.393 e. The number of halogens is 1. The second-order valence-electron chi connectivity index (χ2n) is 4.11. The molecule has 6 heteroatoms. The standard InChI is InChI=1S/C10H11IN4O/c11-8-7-9(12)13-1-2-15(7)10(14-8)5-3-6(16)4-5/h1-2,5-6,16H,3-4H2,(H2,12,13)/t5-,6+. The Morgan fingerprint density at radius 2 is 2.25 bits per heavy atom. The first-order valence-corrected chi connectivity index (χ1v) is 6.20. The first-order chi connectivity index (χ1) is 7.66. The molecule has 0 radical (unpaired) electrons. The van der Waals surface area contributed by atoms with Crippen LogP contribution in [0, 0.1) is 3.70 Å². The quantitative estimate of drug-likeness (QED) is 0.769. The summed E-state index contributed by atoms with van der Waals surface area (Å²) in [5.74, 6) is 1.83. The zero-order chi connectivity index (χ0) is 11.3. The topological polar surface area (TPSA) is 76.4 Å². The lowest BCUT2D eigenvalue weighted by molar-refractivity contribution is 0.0715. The van der Waals surface area contributed by atoms with Gasteiger partial charge < -0.3 is 10.8 Å². The fourth-order valence-corrected chi connectivity index (χ4v) is 2.91. The van der Waals surface area contributed by atoms with Crippen molar-refractivity contribution in [1.82, 2.24) is 14.4 Å². The van der Waals surface area contributed by atoms with E-state index < -0.39 is 0 Å². The molecule has 0 amide bonds. The number of nitrogen functional groups attached to an aromatic ring is 1. The van der Waals surface area contributed by atoms with Gasteiger partial charge in [0.2, 0.25) is 0 Å². The van der Waals surface area contributed by atoms with Crippen molar-refractivity contribution < 1.29 is 5.11 Å². The maximum Gasteiger partial charge on any atom is 0.150 e. The fourth-order valence-electron chi connectivity index (χ4n) is 2.13. The number of aromatic nitrogens is 3. The minimum absolute atomic E-state index is 0.172. The molecule has 2 aromatic rings. The van der Waals surface area contributed by atoms with E-state index in [-0.39, 0.29) is 6.10 Å². The highest BCUT2D eigenvalue weighted by molar-refractivity contribution is 14.1. The number of hydrogen-bond donors (Lipinski definition) is 2. The third kappa shape index (κ3) is 1.40. The average molecular weight is 330 g/mol. The van der Waals surface area contributed by atoms with Gasteiger partial charge in [0.1, 0.15) is 15.0 Å². The molecule has 0 aliphatic heterocycles. The molecule has 0 spiro atoms. The number of hydrogen-bond acceptors (Lipinski definition) is 4. The molecule has 3 N–H and O–H groups in total. The van der Waals surface area contributed by atoms with Crippen molar-refractivity contribution in [3.8, 4) is 0 Å². The van der Waals surface area contributed by atoms with Gasteiger partial charge in [-0.15, -0.1) is 0 Å². The second-order valence-corrected chi connectivity index (χ2v) is 5.14. The van der Waals surface area contributed by atoms with Gasteiger partial charge in [0.05, 0.1) is 6.10 Å². The van der Waals surface area contributed by atoms with E-state index in [1.54, 1.807) is 6.20 Å². The molecule has 3 rings (SSSR count). The van der Waals surface area contributed by atoms with Gasteiger partial charge in [-0.2, -0.15) is 0 Å². The van der Waals surface area contributed by atoms with E-state index in [1.165, 1.54) is 0 Å². The zero-order valence-electron chi connectivity index (χ0n) is 8.47. The van der Waals surface area contributed by atoms with Crippen LogP contribution in [0.15, 0.2) is 12.4 Å². The molecular formula is C10H11IN4O. The van der Waals surface area contributed by atoms with E-state index >= 15 is 0 Å². The Kier molecular flexibility index (Phi) is 2.28. The fraction of sp³-hybridized carbons (Fsp3) is 0.400. The number of nitrogens with zero attached hydrogens (tertiary/aromatic N) is 3. The van der Waals surface area contributed by atoms with Crippen LogP contribution in [0.5, 0.6) is 0 Å². The smallest absolute Gasteiger partial charge is 0.150 e. The van der Waals surface area contributed by atoms with Crippen LogP contribution in [-0.2, 0) is 0 Å². The molecule has 0 saturated heterocycles. The summed E-state index contributed by atoms with van der Waals surface area (Å²) in [6.45, 7) is 0. The Morgan fingerprint density at radius 3 is 2.94 bits per heavy atom. The summed E-state index contributed by atoms with van der Waals surface area (Å²) >= 11 is 2.17. The van der Waals surface area contributed by atoms with Crippen LogP contribution in [0.4, 0.5) is 5.82 Å². The number of imidazole rings is 1. The molecule has 84 valence electrons. The van der Waals surface area contributed by atoms with E-state index in [0.29, 0.717) is 11.7 Å². The summed E-state index contributed by atoms with van der Waals surface area (Å²) in [6.07, 6.45) is 4.96. The first-order valence-electron chi connectivity index (χ1n) is 5.13. The van der Waals surface area contributed by atoms with Crippen molar-refractivity contribution in [2.45, 2.75) is 24.9 Å². The van der Waals surface area contributed by atoms with Crippen molar-refractivity contribution in [2.75, 3.05) is 5.73 Å². The molecule has 0 atom stereocenters. The van der Waals surface area contributed by atoms with Crippen LogP contribution < -0.4 is 5.73 Å². The van der Waals surface area contributed by atoms with Crippen LogP contribution in [0.3, 0.4) is 0 Å². The zero-order valence-corrected chi connectivity index (χ0v) is 10.6. The van der Waals surface area contributed by atoms with Gasteiger partial charge in [0.15, 0.2) is 5.82 Å². The van der Waals surface area contributed by atoms with E-state index in [1.807, 2.05) is 10.6 Å². The lowest BCUT2D eigenvalue weighted by atomic mass is 9.82. The van der Waals surface area contributed by atoms with Crippen LogP contribution in [0.2, 0.25) is 0 Å². The van der Waals surface area contributed by atoms with Crippen LogP contribution in [-0.4, -0.2) is 25.6 Å². The third-order valence-electron chi connectivity index (χ3n) is 3.05. The Morgan fingerprint density at radius 1 is 1.50 bits per heavy atom. The third-order valence-corrected chi connectivity index (χ3v) is 3.80. The average Bonchev–Trinajstić information content (AvgIpc) is 2.53. The maximum absolute atomic E-state index is 9.34. The molecule has 1 saturated carbocycles. The van der Waals surface area contributed by atoms with Crippen molar-refractivity contribution >= 4 is 33.9 Å². The number of aliphatic hydroxyl groups excluding tert-OH is 1. The molecule has 1 fully saturated rings. The Balaban J connectivity index is 2.16. The highest BCUT2D eigenvalue weighted by atomic mass is 127. The highest BCUT2D eigenvalue weighted by Crippen LogP contribution is 2.37.